The number of hydrogen-bond donors (Lipinski definition) is 1. The maximum Gasteiger partial charge on any atom is 0.0891 e. The summed E-state index contributed by atoms with van der Waals surface area (Å²) in [6.45, 7) is 8.85. The molecule has 0 rings (SSSR count). The first-order valence-corrected chi connectivity index (χ1v) is 4.93. The van der Waals surface area contributed by atoms with Gasteiger partial charge in [0.05, 0.1) is 9.68 Å². The Morgan fingerprint density at radius 3 is 1.71 bits per heavy atom. The summed E-state index contributed by atoms with van der Waals surface area (Å²) in [5, 5.41) is 0. The number of rotatable bonds is 1. The third kappa shape index (κ3) is 6.18. The fourth-order valence-electron chi connectivity index (χ4n) is 0.530. The van der Waals surface area contributed by atoms with Gasteiger partial charge in [0.1, 0.15) is 0 Å². The molecular weight excluding hydrogens is 102 g/mol. The molecule has 1 nitrogen and oxygen atoms in total. The van der Waals surface area contributed by atoms with Gasteiger partial charge in [0.15, 0.2) is 0 Å². The quantitative estimate of drug-likeness (QED) is 0.493. The molecule has 0 atom stereocenters. The van der Waals surface area contributed by atoms with Crippen LogP contribution in [0.25, 0.3) is 0 Å². The van der Waals surface area contributed by atoms with Crippen molar-refractivity contribution in [3.05, 3.63) is 0 Å². The Morgan fingerprint density at radius 1 is 1.29 bits per heavy atom. The Hall–Kier alpha value is 0.177. The van der Waals surface area contributed by atoms with Crippen LogP contribution in [0.4, 0.5) is 0 Å². The molecule has 0 aliphatic rings. The monoisotopic (exact) mass is 117 g/mol. The van der Waals surface area contributed by atoms with Crippen LogP contribution in [0, 0.1) is 0 Å². The smallest absolute Gasteiger partial charge is 0.0891 e. The van der Waals surface area contributed by atoms with E-state index >= 15 is 0 Å². The van der Waals surface area contributed by atoms with Gasteiger partial charge in [0, 0.05) is 5.54 Å². The second-order valence-electron chi connectivity index (χ2n) is 2.78. The largest absolute Gasteiger partial charge is 0.338 e. The minimum Gasteiger partial charge on any atom is -0.338 e. The summed E-state index contributed by atoms with van der Waals surface area (Å²) in [6, 6.07) is 0. The summed E-state index contributed by atoms with van der Waals surface area (Å²) in [7, 11) is 0.0598. The second kappa shape index (κ2) is 2.48. The Bertz CT molecular complexity index is 46.5. The minimum atomic E-state index is 0.0598. The van der Waals surface area contributed by atoms with E-state index in [0.29, 0.717) is 5.54 Å². The maximum atomic E-state index is 3.42. The predicted molar refractivity (Wildman–Crippen MR) is 37.3 cm³/mol. The van der Waals surface area contributed by atoms with Gasteiger partial charge in [-0.2, -0.15) is 0 Å². The van der Waals surface area contributed by atoms with E-state index in [0.717, 1.165) is 0 Å². The summed E-state index contributed by atoms with van der Waals surface area (Å²) in [5.74, 6) is 0. The van der Waals surface area contributed by atoms with Crippen molar-refractivity contribution in [3.63, 3.8) is 0 Å². The molecule has 0 radical (unpaired) electrons. The van der Waals surface area contributed by atoms with Crippen molar-refractivity contribution < 1.29 is 0 Å². The van der Waals surface area contributed by atoms with E-state index in [1.807, 2.05) is 0 Å². The van der Waals surface area contributed by atoms with Gasteiger partial charge in [-0.15, -0.1) is 0 Å². The van der Waals surface area contributed by atoms with Crippen LogP contribution in [-0.4, -0.2) is 15.2 Å². The van der Waals surface area contributed by atoms with Crippen molar-refractivity contribution in [2.45, 2.75) is 32.9 Å². The molecule has 7 heavy (non-hydrogen) atoms. The standard InChI is InChI=1S/C5H15NSi/c1-5(2,3)6-7-4/h6H,7H2,1-4H3. The molecule has 2 heteroatoms. The Labute approximate surface area is 48.4 Å². The fourth-order valence-corrected chi connectivity index (χ4v) is 1.59. The van der Waals surface area contributed by atoms with Gasteiger partial charge >= 0.3 is 0 Å². The Kier molecular flexibility index (Phi) is 2.54. The summed E-state index contributed by atoms with van der Waals surface area (Å²) >= 11 is 0. The van der Waals surface area contributed by atoms with Crippen molar-refractivity contribution in [2.75, 3.05) is 0 Å². The molecule has 0 amide bonds. The van der Waals surface area contributed by atoms with Gasteiger partial charge in [0.2, 0.25) is 0 Å². The Balaban J connectivity index is 3.15. The average molecular weight is 117 g/mol. The van der Waals surface area contributed by atoms with Crippen molar-refractivity contribution in [1.82, 2.24) is 4.98 Å². The zero-order valence-electron chi connectivity index (χ0n) is 5.71. The highest BCUT2D eigenvalue weighted by molar-refractivity contribution is 6.30. The molecule has 0 saturated carbocycles. The third-order valence-electron chi connectivity index (χ3n) is 0.707. The van der Waals surface area contributed by atoms with E-state index in [9.17, 15) is 0 Å². The van der Waals surface area contributed by atoms with E-state index < -0.39 is 0 Å². The van der Waals surface area contributed by atoms with Crippen LogP contribution in [0.1, 0.15) is 20.8 Å². The van der Waals surface area contributed by atoms with Crippen LogP contribution in [-0.2, 0) is 0 Å². The van der Waals surface area contributed by atoms with E-state index in [-0.39, 0.29) is 9.68 Å². The van der Waals surface area contributed by atoms with Crippen LogP contribution >= 0.6 is 0 Å². The molecule has 1 N–H and O–H groups in total. The zero-order chi connectivity index (χ0) is 5.91. The van der Waals surface area contributed by atoms with Gasteiger partial charge < -0.3 is 4.98 Å². The van der Waals surface area contributed by atoms with Gasteiger partial charge in [-0.3, -0.25) is 0 Å². The normalized spacial score (nSPS) is 13.7. The first kappa shape index (κ1) is 7.18. The molecule has 0 unspecified atom stereocenters. The highest BCUT2D eigenvalue weighted by Crippen LogP contribution is 1.95. The molecule has 0 fully saturated rings. The highest BCUT2D eigenvalue weighted by atomic mass is 28.2. The van der Waals surface area contributed by atoms with Gasteiger partial charge in [0.25, 0.3) is 0 Å². The van der Waals surface area contributed by atoms with Crippen molar-refractivity contribution >= 4 is 9.68 Å². The molecule has 0 aromatic rings. The van der Waals surface area contributed by atoms with Crippen LogP contribution in [0.5, 0.6) is 0 Å². The summed E-state index contributed by atoms with van der Waals surface area (Å²) < 4.78 is 0. The number of hydrogen-bond acceptors (Lipinski definition) is 1. The van der Waals surface area contributed by atoms with Crippen LogP contribution in [0.2, 0.25) is 6.55 Å². The first-order chi connectivity index (χ1) is 3.06. The molecule has 0 saturated heterocycles. The fraction of sp³-hybridized carbons (Fsp3) is 1.00. The molecular formula is C5H15NSi. The lowest BCUT2D eigenvalue weighted by Gasteiger charge is -2.18. The molecule has 44 valence electrons. The summed E-state index contributed by atoms with van der Waals surface area (Å²) in [6.07, 6.45) is 0. The van der Waals surface area contributed by atoms with Gasteiger partial charge in [-0.25, -0.2) is 0 Å². The summed E-state index contributed by atoms with van der Waals surface area (Å²) in [5.41, 5.74) is 0.362. The molecule has 0 spiro atoms. The van der Waals surface area contributed by atoms with Gasteiger partial charge in [-0.1, -0.05) is 6.55 Å². The zero-order valence-corrected chi connectivity index (χ0v) is 7.12. The van der Waals surface area contributed by atoms with E-state index in [1.165, 1.54) is 0 Å². The van der Waals surface area contributed by atoms with Crippen LogP contribution in [0.15, 0.2) is 0 Å². The SMILES string of the molecule is C[SiH2]NC(C)(C)C. The minimum absolute atomic E-state index is 0.0598. The van der Waals surface area contributed by atoms with E-state index in [1.54, 1.807) is 0 Å². The lowest BCUT2D eigenvalue weighted by Crippen LogP contribution is -2.37. The molecule has 0 aliphatic heterocycles. The lowest BCUT2D eigenvalue weighted by atomic mass is 10.1. The van der Waals surface area contributed by atoms with Crippen molar-refractivity contribution in [3.8, 4) is 0 Å². The number of nitrogens with one attached hydrogen (secondary N) is 1. The van der Waals surface area contributed by atoms with Crippen LogP contribution < -0.4 is 4.98 Å². The molecule has 0 aromatic heterocycles. The highest BCUT2D eigenvalue weighted by Gasteiger charge is 2.04. The van der Waals surface area contributed by atoms with Gasteiger partial charge in [-0.05, 0) is 20.8 Å². The maximum absolute atomic E-state index is 3.42. The van der Waals surface area contributed by atoms with Crippen molar-refractivity contribution in [1.29, 1.82) is 0 Å². The summed E-state index contributed by atoms with van der Waals surface area (Å²) in [4.78, 5) is 3.42. The van der Waals surface area contributed by atoms with E-state index in [4.69, 9.17) is 0 Å². The predicted octanol–water partition coefficient (Wildman–Crippen LogP) is 0.506. The van der Waals surface area contributed by atoms with Crippen molar-refractivity contribution in [2.24, 2.45) is 0 Å². The molecule has 0 heterocycles. The first-order valence-electron chi connectivity index (χ1n) is 2.81. The third-order valence-corrected chi connectivity index (χ3v) is 2.12. The second-order valence-corrected chi connectivity index (χ2v) is 3.84. The van der Waals surface area contributed by atoms with Crippen LogP contribution in [0.3, 0.4) is 0 Å². The molecule has 0 bridgehead atoms. The van der Waals surface area contributed by atoms with E-state index in [2.05, 4.69) is 32.3 Å². The topological polar surface area (TPSA) is 12.0 Å². The lowest BCUT2D eigenvalue weighted by molar-refractivity contribution is 0.524. The Morgan fingerprint density at radius 2 is 1.71 bits per heavy atom. The average Bonchev–Trinajstić information content (AvgIpc) is 1.30. The molecule has 0 aliphatic carbocycles. The molecule has 0 aromatic carbocycles.